The molecule has 3 rings (SSSR count). The normalized spacial score (nSPS) is 17.1. The minimum atomic E-state index is -0.0716. The van der Waals surface area contributed by atoms with E-state index in [1.165, 1.54) is 11.1 Å². The van der Waals surface area contributed by atoms with Crippen LogP contribution >= 0.6 is 0 Å². The molecule has 116 valence electrons. The number of rotatable bonds is 6. The molecule has 0 bridgehead atoms. The summed E-state index contributed by atoms with van der Waals surface area (Å²) in [6.45, 7) is 5.90. The van der Waals surface area contributed by atoms with Crippen LogP contribution in [0.25, 0.3) is 0 Å². The van der Waals surface area contributed by atoms with Gasteiger partial charge in [0.2, 0.25) is 5.75 Å². The van der Waals surface area contributed by atoms with Gasteiger partial charge in [0.25, 0.3) is 0 Å². The van der Waals surface area contributed by atoms with Crippen molar-refractivity contribution in [2.24, 2.45) is 0 Å². The van der Waals surface area contributed by atoms with E-state index in [9.17, 15) is 0 Å². The van der Waals surface area contributed by atoms with Crippen molar-refractivity contribution in [2.75, 3.05) is 13.2 Å². The SMILES string of the molecule is [CH2-][OH+]c1ccc(C(C)(C)c2ccc(OCC3CO3)cc2)cc1. The zero-order chi connectivity index (χ0) is 15.6. The molecule has 1 unspecified atom stereocenters. The molecule has 22 heavy (non-hydrogen) atoms. The smallest absolute Gasteiger partial charge is 0.225 e. The van der Waals surface area contributed by atoms with Crippen LogP contribution in [0.15, 0.2) is 48.5 Å². The monoisotopic (exact) mass is 298 g/mol. The van der Waals surface area contributed by atoms with E-state index in [0.29, 0.717) is 6.61 Å². The van der Waals surface area contributed by atoms with Crippen LogP contribution in [0.1, 0.15) is 25.0 Å². The summed E-state index contributed by atoms with van der Waals surface area (Å²) in [6.07, 6.45) is 0.285. The zero-order valence-corrected chi connectivity index (χ0v) is 13.1. The molecule has 2 aromatic rings. The lowest BCUT2D eigenvalue weighted by Gasteiger charge is -2.26. The average molecular weight is 298 g/mol. The predicted molar refractivity (Wildman–Crippen MR) is 87.3 cm³/mol. The highest BCUT2D eigenvalue weighted by molar-refractivity contribution is 5.41. The van der Waals surface area contributed by atoms with E-state index < -0.39 is 0 Å². The Balaban J connectivity index is 1.74. The highest BCUT2D eigenvalue weighted by Crippen LogP contribution is 2.33. The molecule has 0 radical (unpaired) electrons. The fourth-order valence-corrected chi connectivity index (χ4v) is 2.47. The summed E-state index contributed by atoms with van der Waals surface area (Å²) in [5.41, 5.74) is 2.43. The van der Waals surface area contributed by atoms with Crippen molar-refractivity contribution >= 4 is 0 Å². The quantitative estimate of drug-likeness (QED) is 0.461. The number of hydrogen-bond acceptors (Lipinski definition) is 2. The number of ether oxygens (including phenoxy) is 3. The molecule has 1 atom stereocenters. The van der Waals surface area contributed by atoms with E-state index in [1.54, 1.807) is 0 Å². The lowest BCUT2D eigenvalue weighted by molar-refractivity contribution is 0.186. The third kappa shape index (κ3) is 3.25. The predicted octanol–water partition coefficient (Wildman–Crippen LogP) is 3.82. The molecule has 1 fully saturated rings. The average Bonchev–Trinajstić information content (AvgIpc) is 3.38. The van der Waals surface area contributed by atoms with Gasteiger partial charge in [-0.1, -0.05) is 26.0 Å². The molecule has 1 heterocycles. The van der Waals surface area contributed by atoms with Gasteiger partial charge in [0.05, 0.1) is 6.61 Å². The van der Waals surface area contributed by atoms with Crippen molar-refractivity contribution < 1.29 is 14.2 Å². The minimum absolute atomic E-state index is 0.0716. The Bertz CT molecular complexity index is 610. The number of epoxide rings is 1. The van der Waals surface area contributed by atoms with Gasteiger partial charge in [-0.15, -0.1) is 0 Å². The molecule has 2 aromatic carbocycles. The van der Waals surface area contributed by atoms with Crippen LogP contribution in [-0.4, -0.2) is 24.1 Å². The fourth-order valence-electron chi connectivity index (χ4n) is 2.47. The molecule has 0 amide bonds. The van der Waals surface area contributed by atoms with Crippen molar-refractivity contribution in [3.05, 3.63) is 66.8 Å². The van der Waals surface area contributed by atoms with Gasteiger partial charge in [0.15, 0.2) is 0 Å². The maximum Gasteiger partial charge on any atom is 0.225 e. The Kier molecular flexibility index (Phi) is 4.08. The molecule has 0 aromatic heterocycles. The van der Waals surface area contributed by atoms with Crippen molar-refractivity contribution in [1.29, 1.82) is 0 Å². The number of aromatic hydroxyl groups is 1. The van der Waals surface area contributed by atoms with Gasteiger partial charge < -0.3 is 14.2 Å². The second kappa shape index (κ2) is 6.01. The lowest BCUT2D eigenvalue weighted by Crippen LogP contribution is -2.18. The number of aliphatic hydroxyl groups is 1. The number of hydrogen-bond donors (Lipinski definition) is 0. The molecular formula is C19H22O3. The summed E-state index contributed by atoms with van der Waals surface area (Å²) in [7, 11) is 3.55. The lowest BCUT2D eigenvalue weighted by atomic mass is 9.78. The Labute approximate surface area is 131 Å². The van der Waals surface area contributed by atoms with Gasteiger partial charge in [-0.3, -0.25) is 0 Å². The summed E-state index contributed by atoms with van der Waals surface area (Å²) in [5.74, 6) is 1.78. The van der Waals surface area contributed by atoms with Crippen LogP contribution in [0, 0.1) is 7.11 Å². The van der Waals surface area contributed by atoms with Crippen LogP contribution in [0.5, 0.6) is 11.5 Å². The number of benzene rings is 2. The molecule has 1 aliphatic heterocycles. The topological polar surface area (TPSA) is 34.6 Å². The molecule has 0 spiro atoms. The van der Waals surface area contributed by atoms with E-state index in [4.69, 9.17) is 9.47 Å². The van der Waals surface area contributed by atoms with Gasteiger partial charge in [-0.2, -0.15) is 0 Å². The van der Waals surface area contributed by atoms with E-state index in [-0.39, 0.29) is 11.5 Å². The Hall–Kier alpha value is -2.00. The molecule has 0 aliphatic carbocycles. The maximum atomic E-state index is 5.69. The van der Waals surface area contributed by atoms with Crippen LogP contribution in [0.4, 0.5) is 0 Å². The third-order valence-corrected chi connectivity index (χ3v) is 4.19. The molecule has 0 saturated carbocycles. The van der Waals surface area contributed by atoms with Gasteiger partial charge in [0, 0.05) is 17.5 Å². The first kappa shape index (κ1) is 14.9. The Morgan fingerprint density at radius 3 is 2.14 bits per heavy atom. The summed E-state index contributed by atoms with van der Waals surface area (Å²) in [4.78, 5) is 0. The second-order valence-corrected chi connectivity index (χ2v) is 6.12. The largest absolute Gasteiger partial charge is 0.722 e. The van der Waals surface area contributed by atoms with Gasteiger partial charge >= 0.3 is 0 Å². The first-order chi connectivity index (χ1) is 10.6. The molecule has 1 saturated heterocycles. The van der Waals surface area contributed by atoms with Crippen LogP contribution < -0.4 is 4.74 Å². The minimum Gasteiger partial charge on any atom is -0.722 e. The first-order valence-corrected chi connectivity index (χ1v) is 7.52. The molecular weight excluding hydrogens is 276 g/mol. The van der Waals surface area contributed by atoms with Crippen molar-refractivity contribution in [1.82, 2.24) is 0 Å². The first-order valence-electron chi connectivity index (χ1n) is 7.52. The molecule has 1 N–H and O–H groups in total. The van der Waals surface area contributed by atoms with E-state index >= 15 is 0 Å². The highest BCUT2D eigenvalue weighted by Gasteiger charge is 2.24. The van der Waals surface area contributed by atoms with Crippen molar-refractivity contribution in [3.8, 4) is 11.5 Å². The summed E-state index contributed by atoms with van der Waals surface area (Å²) >= 11 is 0. The Morgan fingerprint density at radius 2 is 1.64 bits per heavy atom. The summed E-state index contributed by atoms with van der Waals surface area (Å²) in [5, 5.41) is 0. The van der Waals surface area contributed by atoms with E-state index in [2.05, 4.69) is 50.0 Å². The second-order valence-electron chi connectivity index (χ2n) is 6.12. The van der Waals surface area contributed by atoms with Gasteiger partial charge in [-0.25, -0.2) is 0 Å². The van der Waals surface area contributed by atoms with Crippen molar-refractivity contribution in [2.45, 2.75) is 25.4 Å². The van der Waals surface area contributed by atoms with E-state index in [1.807, 2.05) is 24.3 Å². The van der Waals surface area contributed by atoms with Crippen LogP contribution in [0.3, 0.4) is 0 Å². The highest BCUT2D eigenvalue weighted by atomic mass is 16.6. The fraction of sp³-hybridized carbons (Fsp3) is 0.316. The van der Waals surface area contributed by atoms with Crippen LogP contribution in [-0.2, 0) is 10.2 Å². The molecule has 1 aliphatic rings. The van der Waals surface area contributed by atoms with Crippen LogP contribution in [0.2, 0.25) is 0 Å². The molecule has 3 heteroatoms. The standard InChI is InChI=1S/C19H22O3/c1-19(2,14-4-8-16(20-3)9-5-14)15-6-10-17(11-7-15)21-12-18-13-22-18/h4-11,18,20H,3,12-13H2,1-2H3. The summed E-state index contributed by atoms with van der Waals surface area (Å²) in [6, 6.07) is 16.5. The van der Waals surface area contributed by atoms with Gasteiger partial charge in [0.1, 0.15) is 18.5 Å². The Morgan fingerprint density at radius 1 is 1.09 bits per heavy atom. The van der Waals surface area contributed by atoms with Gasteiger partial charge in [-0.05, 0) is 42.5 Å². The van der Waals surface area contributed by atoms with Crippen molar-refractivity contribution in [3.63, 3.8) is 0 Å². The van der Waals surface area contributed by atoms with E-state index in [0.717, 1.165) is 18.1 Å². The summed E-state index contributed by atoms with van der Waals surface area (Å²) < 4.78 is 14.8. The maximum absolute atomic E-state index is 5.69. The third-order valence-electron chi connectivity index (χ3n) is 4.19. The molecule has 3 nitrogen and oxygen atoms in total. The zero-order valence-electron chi connectivity index (χ0n) is 13.1.